The number of hydrogen-bond donors (Lipinski definition) is 3. The first-order valence-electron chi connectivity index (χ1n) is 8.66. The normalized spacial score (nSPS) is 11.5. The van der Waals surface area contributed by atoms with Gasteiger partial charge >= 0.3 is 0 Å². The molecule has 3 N–H and O–H groups in total. The summed E-state index contributed by atoms with van der Waals surface area (Å²) in [6, 6.07) is 10.6. The van der Waals surface area contributed by atoms with E-state index >= 15 is 0 Å². The molecule has 2 rings (SSSR count). The molecule has 0 unspecified atom stereocenters. The number of benzene rings is 1. The minimum absolute atomic E-state index is 0.155. The molecule has 6 nitrogen and oxygen atoms in total. The van der Waals surface area contributed by atoms with Crippen LogP contribution < -0.4 is 15.5 Å². The van der Waals surface area contributed by atoms with Crippen molar-refractivity contribution in [2.75, 3.05) is 27.2 Å². The summed E-state index contributed by atoms with van der Waals surface area (Å²) in [5.41, 5.74) is 1.71. The number of furan rings is 1. The zero-order chi connectivity index (χ0) is 18.9. The highest BCUT2D eigenvalue weighted by Gasteiger charge is 2.15. The molecule has 0 aliphatic carbocycles. The summed E-state index contributed by atoms with van der Waals surface area (Å²) in [7, 11) is 4.12. The number of carbonyl (C=O) groups excluding carboxylic acids is 2. The van der Waals surface area contributed by atoms with Gasteiger partial charge in [0.2, 0.25) is 0 Å². The molecule has 1 aromatic carbocycles. The second kappa shape index (κ2) is 9.58. The van der Waals surface area contributed by atoms with Crippen molar-refractivity contribution in [2.45, 2.75) is 13.3 Å². The zero-order valence-corrected chi connectivity index (χ0v) is 15.5. The van der Waals surface area contributed by atoms with Gasteiger partial charge in [0, 0.05) is 24.6 Å². The van der Waals surface area contributed by atoms with Gasteiger partial charge in [0.25, 0.3) is 11.8 Å². The second-order valence-corrected chi connectivity index (χ2v) is 6.46. The van der Waals surface area contributed by atoms with Crippen molar-refractivity contribution in [1.82, 2.24) is 10.6 Å². The Morgan fingerprint density at radius 3 is 2.50 bits per heavy atom. The summed E-state index contributed by atoms with van der Waals surface area (Å²) in [4.78, 5) is 26.3. The van der Waals surface area contributed by atoms with Gasteiger partial charge in [-0.1, -0.05) is 17.7 Å². The average Bonchev–Trinajstić information content (AvgIpc) is 3.11. The van der Waals surface area contributed by atoms with Gasteiger partial charge in [-0.25, -0.2) is 0 Å². The monoisotopic (exact) mass is 356 g/mol. The van der Waals surface area contributed by atoms with Crippen molar-refractivity contribution in [1.29, 1.82) is 0 Å². The van der Waals surface area contributed by atoms with E-state index in [9.17, 15) is 9.59 Å². The van der Waals surface area contributed by atoms with Gasteiger partial charge in [-0.05, 0) is 31.2 Å². The van der Waals surface area contributed by atoms with E-state index in [0.29, 0.717) is 17.9 Å². The van der Waals surface area contributed by atoms with Crippen LogP contribution in [0.3, 0.4) is 0 Å². The average molecular weight is 356 g/mol. The van der Waals surface area contributed by atoms with Gasteiger partial charge in [-0.2, -0.15) is 0 Å². The van der Waals surface area contributed by atoms with Crippen LogP contribution in [0.15, 0.2) is 52.8 Å². The highest BCUT2D eigenvalue weighted by Crippen LogP contribution is 2.08. The molecule has 0 bridgehead atoms. The van der Waals surface area contributed by atoms with Crippen LogP contribution in [0.25, 0.3) is 6.08 Å². The van der Waals surface area contributed by atoms with E-state index in [1.807, 2.05) is 19.1 Å². The fraction of sp³-hybridized carbons (Fsp3) is 0.300. The first-order chi connectivity index (χ1) is 12.5. The lowest BCUT2D eigenvalue weighted by Gasteiger charge is -2.11. The van der Waals surface area contributed by atoms with E-state index in [1.165, 1.54) is 17.2 Å². The molecule has 0 saturated carbocycles. The largest absolute Gasteiger partial charge is 0.465 e. The van der Waals surface area contributed by atoms with Gasteiger partial charge in [-0.15, -0.1) is 0 Å². The lowest BCUT2D eigenvalue weighted by molar-refractivity contribution is -0.858. The zero-order valence-electron chi connectivity index (χ0n) is 15.5. The van der Waals surface area contributed by atoms with Gasteiger partial charge in [0.05, 0.1) is 26.9 Å². The van der Waals surface area contributed by atoms with Crippen LogP contribution in [0.2, 0.25) is 0 Å². The van der Waals surface area contributed by atoms with Crippen molar-refractivity contribution in [3.8, 4) is 0 Å². The lowest BCUT2D eigenvalue weighted by atomic mass is 10.1. The fourth-order valence-corrected chi connectivity index (χ4v) is 2.31. The molecule has 1 aromatic heterocycles. The van der Waals surface area contributed by atoms with Crippen molar-refractivity contribution < 1.29 is 18.9 Å². The lowest BCUT2D eigenvalue weighted by Crippen LogP contribution is -3.05. The molecule has 2 aromatic rings. The summed E-state index contributed by atoms with van der Waals surface area (Å²) in [6.07, 6.45) is 3.90. The van der Waals surface area contributed by atoms with Gasteiger partial charge in [0.15, 0.2) is 0 Å². The molecule has 2 amide bonds. The van der Waals surface area contributed by atoms with E-state index in [1.54, 1.807) is 24.3 Å². The predicted octanol–water partition coefficient (Wildman–Crippen LogP) is 1.01. The van der Waals surface area contributed by atoms with Crippen molar-refractivity contribution >= 4 is 17.9 Å². The third-order valence-corrected chi connectivity index (χ3v) is 3.78. The minimum Gasteiger partial charge on any atom is -0.465 e. The number of quaternary nitrogens is 1. The van der Waals surface area contributed by atoms with Gasteiger partial charge in [-0.3, -0.25) is 9.59 Å². The Hall–Kier alpha value is -2.86. The van der Waals surface area contributed by atoms with E-state index in [4.69, 9.17) is 4.42 Å². The van der Waals surface area contributed by atoms with Crippen LogP contribution in [0.5, 0.6) is 0 Å². The minimum atomic E-state index is -0.337. The maximum absolute atomic E-state index is 12.5. The van der Waals surface area contributed by atoms with E-state index in [-0.39, 0.29) is 17.5 Å². The Morgan fingerprint density at radius 2 is 1.88 bits per heavy atom. The Kier molecular flexibility index (Phi) is 7.17. The number of hydrogen-bond acceptors (Lipinski definition) is 3. The van der Waals surface area contributed by atoms with Crippen molar-refractivity contribution in [3.05, 3.63) is 65.2 Å². The smallest absolute Gasteiger partial charge is 0.267 e. The summed E-state index contributed by atoms with van der Waals surface area (Å²) >= 11 is 0. The number of carbonyl (C=O) groups is 2. The molecule has 26 heavy (non-hydrogen) atoms. The van der Waals surface area contributed by atoms with Crippen LogP contribution in [0, 0.1) is 6.92 Å². The van der Waals surface area contributed by atoms with Gasteiger partial charge < -0.3 is 20.0 Å². The van der Waals surface area contributed by atoms with Crippen LogP contribution in [0.4, 0.5) is 0 Å². The molecule has 0 fully saturated rings. The molecule has 1 heterocycles. The molecule has 0 saturated heterocycles. The van der Waals surface area contributed by atoms with Crippen LogP contribution >= 0.6 is 0 Å². The highest BCUT2D eigenvalue weighted by atomic mass is 16.3. The number of rotatable bonds is 8. The summed E-state index contributed by atoms with van der Waals surface area (Å²) in [5.74, 6) is -0.177. The third-order valence-electron chi connectivity index (χ3n) is 3.78. The number of aryl methyl sites for hydroxylation is 1. The first kappa shape index (κ1) is 19.5. The van der Waals surface area contributed by atoms with Gasteiger partial charge in [0.1, 0.15) is 11.5 Å². The molecule has 0 spiro atoms. The molecular weight excluding hydrogens is 330 g/mol. The topological polar surface area (TPSA) is 75.8 Å². The molecular formula is C20H26N3O3+. The molecule has 6 heteroatoms. The second-order valence-electron chi connectivity index (χ2n) is 6.46. The Balaban J connectivity index is 2.07. The SMILES string of the molecule is Cc1ccc(C(=O)N/C(=C\c2ccco2)C(=O)NCCC[NH+](C)C)cc1. The summed E-state index contributed by atoms with van der Waals surface area (Å²) in [6.45, 7) is 3.44. The van der Waals surface area contributed by atoms with E-state index in [2.05, 4.69) is 24.7 Å². The molecule has 0 aliphatic heterocycles. The van der Waals surface area contributed by atoms with E-state index < -0.39 is 0 Å². The summed E-state index contributed by atoms with van der Waals surface area (Å²) < 4.78 is 5.26. The van der Waals surface area contributed by atoms with Crippen LogP contribution in [0.1, 0.15) is 28.1 Å². The van der Waals surface area contributed by atoms with Crippen LogP contribution in [-0.2, 0) is 4.79 Å². The fourth-order valence-electron chi connectivity index (χ4n) is 2.31. The van der Waals surface area contributed by atoms with Crippen molar-refractivity contribution in [3.63, 3.8) is 0 Å². The third kappa shape index (κ3) is 6.22. The quantitative estimate of drug-likeness (QED) is 0.488. The van der Waals surface area contributed by atoms with Crippen LogP contribution in [-0.4, -0.2) is 39.0 Å². The molecule has 0 atom stereocenters. The predicted molar refractivity (Wildman–Crippen MR) is 101 cm³/mol. The summed E-state index contributed by atoms with van der Waals surface area (Å²) in [5, 5.41) is 5.52. The number of amides is 2. The standard InChI is InChI=1S/C20H25N3O3/c1-15-7-9-16(10-8-15)19(24)22-18(14-17-6-4-13-26-17)20(25)21-11-5-12-23(2)3/h4,6-10,13-14H,5,11-12H2,1-3H3,(H,21,25)(H,22,24)/p+1/b18-14-. The Bertz CT molecular complexity index is 747. The number of nitrogens with one attached hydrogen (secondary N) is 3. The highest BCUT2D eigenvalue weighted by molar-refractivity contribution is 6.05. The molecule has 138 valence electrons. The van der Waals surface area contributed by atoms with E-state index in [0.717, 1.165) is 18.5 Å². The Labute approximate surface area is 153 Å². The molecule has 0 aliphatic rings. The molecule has 0 radical (unpaired) electrons. The Morgan fingerprint density at radius 1 is 1.15 bits per heavy atom. The van der Waals surface area contributed by atoms with Crippen molar-refractivity contribution in [2.24, 2.45) is 0 Å². The maximum atomic E-state index is 12.5. The first-order valence-corrected chi connectivity index (χ1v) is 8.66. The maximum Gasteiger partial charge on any atom is 0.267 e.